The highest BCUT2D eigenvalue weighted by Crippen LogP contribution is 2.35. The molecule has 160 valence electrons. The van der Waals surface area contributed by atoms with Crippen LogP contribution in [0, 0.1) is 6.92 Å². The van der Waals surface area contributed by atoms with Gasteiger partial charge in [0, 0.05) is 5.02 Å². The van der Waals surface area contributed by atoms with Crippen LogP contribution in [0.4, 0.5) is 0 Å². The van der Waals surface area contributed by atoms with Gasteiger partial charge < -0.3 is 19.3 Å². The zero-order valence-electron chi connectivity index (χ0n) is 17.1. The Morgan fingerprint density at radius 2 is 1.84 bits per heavy atom. The van der Waals surface area contributed by atoms with Gasteiger partial charge in [0.25, 0.3) is 0 Å². The highest BCUT2D eigenvalue weighted by atomic mass is 35.5. The number of aliphatic carboxylic acids is 1. The third-order valence-electron chi connectivity index (χ3n) is 5.50. The molecule has 31 heavy (non-hydrogen) atoms. The number of hydrogen-bond acceptors (Lipinski definition) is 4. The van der Waals surface area contributed by atoms with E-state index < -0.39 is 11.6 Å². The number of ether oxygens (including phenoxy) is 3. The van der Waals surface area contributed by atoms with Crippen molar-refractivity contribution in [2.45, 2.75) is 19.1 Å². The molecule has 0 unspecified atom stereocenters. The topological polar surface area (TPSA) is 65.0 Å². The predicted octanol–water partition coefficient (Wildman–Crippen LogP) is 5.22. The van der Waals surface area contributed by atoms with Crippen molar-refractivity contribution in [2.24, 2.45) is 0 Å². The van der Waals surface area contributed by atoms with E-state index in [2.05, 4.69) is 19.1 Å². The molecule has 0 amide bonds. The molecule has 0 saturated carbocycles. The highest BCUT2D eigenvalue weighted by molar-refractivity contribution is 6.30. The van der Waals surface area contributed by atoms with Crippen LogP contribution in [0.15, 0.2) is 66.7 Å². The summed E-state index contributed by atoms with van der Waals surface area (Å²) in [5.41, 5.74) is 4.63. The summed E-state index contributed by atoms with van der Waals surface area (Å²) < 4.78 is 16.9. The molecule has 1 fully saturated rings. The summed E-state index contributed by atoms with van der Waals surface area (Å²) in [4.78, 5) is 10.9. The second kappa shape index (κ2) is 9.10. The van der Waals surface area contributed by atoms with Gasteiger partial charge in [0.15, 0.2) is 0 Å². The molecule has 0 aromatic heterocycles. The van der Waals surface area contributed by atoms with E-state index in [0.29, 0.717) is 24.8 Å². The SMILES string of the molecule is Cc1c(COc2ccc(C3(OCC(=O)O)COC3)cc2)cccc1-c1cccc(Cl)c1. The Hall–Kier alpha value is -2.86. The molecule has 1 heterocycles. The van der Waals surface area contributed by atoms with Crippen LogP contribution in [0.5, 0.6) is 5.75 Å². The van der Waals surface area contributed by atoms with Crippen LogP contribution in [0.3, 0.4) is 0 Å². The zero-order valence-corrected chi connectivity index (χ0v) is 17.9. The molecular weight excluding hydrogens is 416 g/mol. The maximum Gasteiger partial charge on any atom is 0.329 e. The molecule has 4 rings (SSSR count). The Balaban J connectivity index is 1.45. The Bertz CT molecular complexity index is 1070. The van der Waals surface area contributed by atoms with E-state index >= 15 is 0 Å². The second-order valence-corrected chi connectivity index (χ2v) is 8.02. The maximum absolute atomic E-state index is 10.9. The van der Waals surface area contributed by atoms with Crippen LogP contribution in [-0.2, 0) is 26.5 Å². The molecule has 5 nitrogen and oxygen atoms in total. The zero-order chi connectivity index (χ0) is 21.8. The first-order chi connectivity index (χ1) is 15.0. The molecule has 1 saturated heterocycles. The Kier molecular flexibility index (Phi) is 6.28. The average Bonchev–Trinajstić information content (AvgIpc) is 2.73. The van der Waals surface area contributed by atoms with Crippen molar-refractivity contribution in [1.82, 2.24) is 0 Å². The number of halogens is 1. The minimum absolute atomic E-state index is 0.343. The number of carboxylic acid groups (broad SMARTS) is 1. The lowest BCUT2D eigenvalue weighted by Crippen LogP contribution is -2.49. The molecule has 0 aliphatic carbocycles. The van der Waals surface area contributed by atoms with Crippen molar-refractivity contribution in [3.05, 3.63) is 88.4 Å². The molecule has 3 aromatic rings. The number of carbonyl (C=O) groups is 1. The maximum atomic E-state index is 10.9. The molecule has 1 aliphatic heterocycles. The lowest BCUT2D eigenvalue weighted by molar-refractivity contribution is -0.220. The van der Waals surface area contributed by atoms with E-state index in [9.17, 15) is 4.79 Å². The summed E-state index contributed by atoms with van der Waals surface area (Å²) in [6, 6.07) is 21.5. The summed E-state index contributed by atoms with van der Waals surface area (Å²) in [5.74, 6) is -0.272. The van der Waals surface area contributed by atoms with E-state index in [-0.39, 0.29) is 6.61 Å². The first-order valence-corrected chi connectivity index (χ1v) is 10.4. The largest absolute Gasteiger partial charge is 0.489 e. The van der Waals surface area contributed by atoms with Gasteiger partial charge in [-0.2, -0.15) is 0 Å². The minimum Gasteiger partial charge on any atom is -0.489 e. The fourth-order valence-electron chi connectivity index (χ4n) is 3.65. The molecule has 3 aromatic carbocycles. The van der Waals surface area contributed by atoms with Gasteiger partial charge in [0.2, 0.25) is 0 Å². The lowest BCUT2D eigenvalue weighted by Gasteiger charge is -2.41. The molecule has 0 atom stereocenters. The fraction of sp³-hybridized carbons (Fsp3) is 0.240. The van der Waals surface area contributed by atoms with Crippen molar-refractivity contribution >= 4 is 17.6 Å². The number of rotatable bonds is 8. The van der Waals surface area contributed by atoms with Crippen molar-refractivity contribution < 1.29 is 24.1 Å². The number of hydrogen-bond donors (Lipinski definition) is 1. The van der Waals surface area contributed by atoms with Gasteiger partial charge in [0.1, 0.15) is 24.6 Å². The summed E-state index contributed by atoms with van der Waals surface area (Å²) in [7, 11) is 0. The number of carboxylic acids is 1. The van der Waals surface area contributed by atoms with Crippen molar-refractivity contribution in [1.29, 1.82) is 0 Å². The minimum atomic E-state index is -0.999. The molecule has 0 bridgehead atoms. The molecule has 6 heteroatoms. The van der Waals surface area contributed by atoms with Gasteiger partial charge in [-0.3, -0.25) is 0 Å². The molecule has 0 spiro atoms. The van der Waals surface area contributed by atoms with Gasteiger partial charge in [-0.15, -0.1) is 0 Å². The Morgan fingerprint density at radius 3 is 2.48 bits per heavy atom. The van der Waals surface area contributed by atoms with E-state index in [1.165, 1.54) is 0 Å². The summed E-state index contributed by atoms with van der Waals surface area (Å²) in [6.45, 7) is 2.84. The predicted molar refractivity (Wildman–Crippen MR) is 118 cm³/mol. The van der Waals surface area contributed by atoms with Crippen LogP contribution in [0.1, 0.15) is 16.7 Å². The first kappa shape index (κ1) is 21.4. The van der Waals surface area contributed by atoms with Crippen LogP contribution < -0.4 is 4.74 Å². The fourth-order valence-corrected chi connectivity index (χ4v) is 3.84. The Labute approximate surface area is 186 Å². The summed E-state index contributed by atoms with van der Waals surface area (Å²) in [6.07, 6.45) is 0. The van der Waals surface area contributed by atoms with Crippen LogP contribution in [-0.4, -0.2) is 30.9 Å². The van der Waals surface area contributed by atoms with Gasteiger partial charge in [-0.05, 0) is 59.0 Å². The summed E-state index contributed by atoms with van der Waals surface area (Å²) in [5, 5.41) is 9.61. The van der Waals surface area contributed by atoms with E-state index in [1.807, 2.05) is 54.6 Å². The molecule has 1 N–H and O–H groups in total. The normalized spacial score (nSPS) is 14.6. The second-order valence-electron chi connectivity index (χ2n) is 7.58. The average molecular weight is 439 g/mol. The van der Waals surface area contributed by atoms with Crippen molar-refractivity contribution in [3.63, 3.8) is 0 Å². The standard InChI is InChI=1S/C25H23ClO5/c1-17-19(5-3-7-23(17)18-4-2-6-21(26)12-18)13-30-22-10-8-20(9-11-22)25(15-29-16-25)31-14-24(27)28/h2-12H,13-16H2,1H3,(H,27,28). The van der Waals surface area contributed by atoms with Crippen molar-refractivity contribution in [3.8, 4) is 16.9 Å². The quantitative estimate of drug-likeness (QED) is 0.522. The van der Waals surface area contributed by atoms with Crippen LogP contribution in [0.2, 0.25) is 5.02 Å². The smallest absolute Gasteiger partial charge is 0.329 e. The number of benzene rings is 3. The first-order valence-electron chi connectivity index (χ1n) is 9.98. The third-order valence-corrected chi connectivity index (χ3v) is 5.73. The molecule has 1 aliphatic rings. The third kappa shape index (κ3) is 4.74. The van der Waals surface area contributed by atoms with E-state index in [4.69, 9.17) is 30.9 Å². The van der Waals surface area contributed by atoms with E-state index in [1.54, 1.807) is 0 Å². The van der Waals surface area contributed by atoms with Gasteiger partial charge >= 0.3 is 5.97 Å². The van der Waals surface area contributed by atoms with Crippen molar-refractivity contribution in [2.75, 3.05) is 19.8 Å². The summed E-state index contributed by atoms with van der Waals surface area (Å²) >= 11 is 6.15. The molecular formula is C25H23ClO5. The van der Waals surface area contributed by atoms with Crippen LogP contribution in [0.25, 0.3) is 11.1 Å². The highest BCUT2D eigenvalue weighted by Gasteiger charge is 2.42. The Morgan fingerprint density at radius 1 is 1.10 bits per heavy atom. The van der Waals surface area contributed by atoms with Gasteiger partial charge in [-0.25, -0.2) is 4.79 Å². The van der Waals surface area contributed by atoms with Gasteiger partial charge in [-0.1, -0.05) is 54.1 Å². The molecule has 0 radical (unpaired) electrons. The van der Waals surface area contributed by atoms with Crippen LogP contribution >= 0.6 is 11.6 Å². The lowest BCUT2D eigenvalue weighted by atomic mass is 9.91. The monoisotopic (exact) mass is 438 g/mol. The van der Waals surface area contributed by atoms with Gasteiger partial charge in [0.05, 0.1) is 13.2 Å². The van der Waals surface area contributed by atoms with E-state index in [0.717, 1.165) is 33.6 Å².